The van der Waals surface area contributed by atoms with Crippen molar-refractivity contribution in [2.75, 3.05) is 26.7 Å². The minimum atomic E-state index is -0.243. The molecule has 3 rings (SSSR count). The highest BCUT2D eigenvalue weighted by Gasteiger charge is 2.27. The highest BCUT2D eigenvalue weighted by molar-refractivity contribution is 6.33. The zero-order valence-corrected chi connectivity index (χ0v) is 17.0. The van der Waals surface area contributed by atoms with Crippen molar-refractivity contribution < 1.29 is 14.3 Å². The Kier molecular flexibility index (Phi) is 6.75. The first-order chi connectivity index (χ1) is 13.5. The molecular formula is C20H21Cl2N3O3. The maximum atomic E-state index is 13.0. The summed E-state index contributed by atoms with van der Waals surface area (Å²) >= 11 is 12.1. The first-order valence-electron chi connectivity index (χ1n) is 9.00. The number of nitrogens with one attached hydrogen (secondary N) is 1. The van der Waals surface area contributed by atoms with Crippen LogP contribution in [0, 0.1) is 5.92 Å². The number of benzene rings is 1. The number of nitrogens with zero attached hydrogens (tertiary/aromatic N) is 2. The van der Waals surface area contributed by atoms with Gasteiger partial charge in [0.25, 0.3) is 11.8 Å². The van der Waals surface area contributed by atoms with E-state index in [9.17, 15) is 9.59 Å². The second kappa shape index (κ2) is 9.26. The number of aromatic nitrogens is 1. The molecule has 6 nitrogen and oxygen atoms in total. The van der Waals surface area contributed by atoms with Crippen LogP contribution in [0.15, 0.2) is 36.7 Å². The summed E-state index contributed by atoms with van der Waals surface area (Å²) in [5.74, 6) is 0.296. The Balaban J connectivity index is 1.63. The van der Waals surface area contributed by atoms with Gasteiger partial charge in [0.2, 0.25) is 0 Å². The quantitative estimate of drug-likeness (QED) is 0.798. The number of carbonyl (C=O) groups is 2. The molecule has 2 aromatic rings. The normalized spacial score (nSPS) is 16.5. The molecule has 0 radical (unpaired) electrons. The predicted molar refractivity (Wildman–Crippen MR) is 108 cm³/mol. The van der Waals surface area contributed by atoms with E-state index in [1.807, 2.05) is 0 Å². The minimum Gasteiger partial charge on any atom is -0.496 e. The number of hydrogen-bond acceptors (Lipinski definition) is 4. The van der Waals surface area contributed by atoms with E-state index < -0.39 is 0 Å². The largest absolute Gasteiger partial charge is 0.496 e. The van der Waals surface area contributed by atoms with Crippen LogP contribution < -0.4 is 10.1 Å². The third kappa shape index (κ3) is 4.75. The molecule has 2 heterocycles. The van der Waals surface area contributed by atoms with Crippen molar-refractivity contribution in [3.8, 4) is 5.75 Å². The van der Waals surface area contributed by atoms with E-state index in [1.54, 1.807) is 29.2 Å². The molecule has 1 saturated heterocycles. The summed E-state index contributed by atoms with van der Waals surface area (Å²) in [6, 6.07) is 6.59. The van der Waals surface area contributed by atoms with Crippen molar-refractivity contribution in [3.63, 3.8) is 0 Å². The summed E-state index contributed by atoms with van der Waals surface area (Å²) in [6.45, 7) is 1.68. The molecule has 0 bridgehead atoms. The van der Waals surface area contributed by atoms with Crippen LogP contribution in [0.25, 0.3) is 0 Å². The fourth-order valence-corrected chi connectivity index (χ4v) is 3.70. The van der Waals surface area contributed by atoms with Crippen LogP contribution in [-0.4, -0.2) is 48.4 Å². The van der Waals surface area contributed by atoms with Crippen molar-refractivity contribution in [2.45, 2.75) is 12.8 Å². The van der Waals surface area contributed by atoms with Crippen molar-refractivity contribution in [3.05, 3.63) is 57.8 Å². The van der Waals surface area contributed by atoms with Crippen molar-refractivity contribution in [1.82, 2.24) is 15.2 Å². The van der Waals surface area contributed by atoms with Crippen LogP contribution in [0.1, 0.15) is 33.6 Å². The molecule has 0 spiro atoms. The topological polar surface area (TPSA) is 71.5 Å². The van der Waals surface area contributed by atoms with Gasteiger partial charge in [-0.2, -0.15) is 0 Å². The lowest BCUT2D eigenvalue weighted by Gasteiger charge is -2.33. The van der Waals surface area contributed by atoms with Gasteiger partial charge in [0.15, 0.2) is 0 Å². The van der Waals surface area contributed by atoms with Crippen LogP contribution in [-0.2, 0) is 0 Å². The second-order valence-corrected chi connectivity index (χ2v) is 7.51. The molecule has 1 aliphatic rings. The molecule has 148 valence electrons. The molecule has 0 aliphatic carbocycles. The lowest BCUT2D eigenvalue weighted by atomic mass is 9.97. The van der Waals surface area contributed by atoms with E-state index in [4.69, 9.17) is 27.9 Å². The second-order valence-electron chi connectivity index (χ2n) is 6.67. The summed E-state index contributed by atoms with van der Waals surface area (Å²) in [4.78, 5) is 31.0. The number of piperidine rings is 1. The highest BCUT2D eigenvalue weighted by atomic mass is 35.5. The Morgan fingerprint density at radius 1 is 1.29 bits per heavy atom. The smallest absolute Gasteiger partial charge is 0.257 e. The van der Waals surface area contributed by atoms with Gasteiger partial charge < -0.3 is 15.0 Å². The Morgan fingerprint density at radius 2 is 2.11 bits per heavy atom. The lowest BCUT2D eigenvalue weighted by molar-refractivity contribution is 0.0667. The van der Waals surface area contributed by atoms with E-state index in [-0.39, 0.29) is 17.7 Å². The van der Waals surface area contributed by atoms with Gasteiger partial charge in [0, 0.05) is 37.1 Å². The third-order valence-corrected chi connectivity index (χ3v) is 5.30. The molecule has 0 saturated carbocycles. The molecule has 1 atom stereocenters. The molecular weight excluding hydrogens is 401 g/mol. The average molecular weight is 422 g/mol. The Morgan fingerprint density at radius 3 is 2.86 bits per heavy atom. The number of carbonyl (C=O) groups excluding carboxylic acids is 2. The molecule has 1 N–H and O–H groups in total. The van der Waals surface area contributed by atoms with E-state index in [0.29, 0.717) is 46.6 Å². The molecule has 28 heavy (non-hydrogen) atoms. The van der Waals surface area contributed by atoms with Gasteiger partial charge in [-0.3, -0.25) is 14.6 Å². The van der Waals surface area contributed by atoms with Gasteiger partial charge in [-0.1, -0.05) is 23.2 Å². The van der Waals surface area contributed by atoms with Crippen molar-refractivity contribution in [2.24, 2.45) is 5.92 Å². The maximum Gasteiger partial charge on any atom is 0.257 e. The van der Waals surface area contributed by atoms with Crippen molar-refractivity contribution >= 4 is 35.0 Å². The first kappa shape index (κ1) is 20.4. The Labute approximate surface area is 173 Å². The van der Waals surface area contributed by atoms with Gasteiger partial charge >= 0.3 is 0 Å². The van der Waals surface area contributed by atoms with Crippen LogP contribution in [0.2, 0.25) is 10.0 Å². The number of pyridine rings is 1. The summed E-state index contributed by atoms with van der Waals surface area (Å²) in [5.41, 5.74) is 0.840. The van der Waals surface area contributed by atoms with E-state index in [0.717, 1.165) is 12.8 Å². The molecule has 1 aromatic heterocycles. The summed E-state index contributed by atoms with van der Waals surface area (Å²) in [7, 11) is 1.53. The zero-order valence-electron chi connectivity index (χ0n) is 15.5. The third-order valence-electron chi connectivity index (χ3n) is 4.77. The number of methoxy groups -OCH3 is 1. The summed E-state index contributed by atoms with van der Waals surface area (Å²) in [5, 5.41) is 3.70. The Hall–Kier alpha value is -2.31. The summed E-state index contributed by atoms with van der Waals surface area (Å²) < 4.78 is 5.30. The lowest BCUT2D eigenvalue weighted by Crippen LogP contribution is -2.43. The summed E-state index contributed by atoms with van der Waals surface area (Å²) in [6.07, 6.45) is 4.77. The number of ether oxygens (including phenoxy) is 1. The van der Waals surface area contributed by atoms with Gasteiger partial charge in [0.05, 0.1) is 23.3 Å². The molecule has 1 aliphatic heterocycles. The van der Waals surface area contributed by atoms with Crippen LogP contribution in [0.5, 0.6) is 5.75 Å². The molecule has 8 heteroatoms. The number of likely N-dealkylation sites (tertiary alicyclic amines) is 1. The standard InChI is InChI=1S/C20H21Cl2N3O3/c1-28-18-5-4-14(21)9-16(18)20(27)25-8-2-3-13(12-25)10-24-19(26)15-6-7-23-11-17(15)22/h4-7,9,11,13H,2-3,8,10,12H2,1H3,(H,24,26)/t13-/m1/s1. The van der Waals surface area contributed by atoms with Crippen LogP contribution in [0.4, 0.5) is 0 Å². The van der Waals surface area contributed by atoms with Gasteiger partial charge in [0.1, 0.15) is 5.75 Å². The van der Waals surface area contributed by atoms with Crippen molar-refractivity contribution in [1.29, 1.82) is 0 Å². The molecule has 2 amide bonds. The van der Waals surface area contributed by atoms with Gasteiger partial charge in [-0.05, 0) is 43.0 Å². The monoisotopic (exact) mass is 421 g/mol. The Bertz CT molecular complexity index is 876. The number of halogens is 2. The molecule has 1 fully saturated rings. The van der Waals surface area contributed by atoms with E-state index >= 15 is 0 Å². The highest BCUT2D eigenvalue weighted by Crippen LogP contribution is 2.26. The van der Waals surface area contributed by atoms with Crippen LogP contribution >= 0.6 is 23.2 Å². The van der Waals surface area contributed by atoms with E-state index in [1.165, 1.54) is 19.5 Å². The number of hydrogen-bond donors (Lipinski definition) is 1. The van der Waals surface area contributed by atoms with Gasteiger partial charge in [-0.15, -0.1) is 0 Å². The SMILES string of the molecule is COc1ccc(Cl)cc1C(=O)N1CCC[C@H](CNC(=O)c2ccncc2Cl)C1. The van der Waals surface area contributed by atoms with Crippen LogP contribution in [0.3, 0.4) is 0 Å². The maximum absolute atomic E-state index is 13.0. The van der Waals surface area contributed by atoms with E-state index in [2.05, 4.69) is 10.3 Å². The predicted octanol–water partition coefficient (Wildman–Crippen LogP) is 3.68. The number of amides is 2. The average Bonchev–Trinajstić information content (AvgIpc) is 2.72. The zero-order chi connectivity index (χ0) is 20.1. The fourth-order valence-electron chi connectivity index (χ4n) is 3.33. The van der Waals surface area contributed by atoms with Gasteiger partial charge in [-0.25, -0.2) is 0 Å². The first-order valence-corrected chi connectivity index (χ1v) is 9.75. The number of rotatable bonds is 5. The fraction of sp³-hybridized carbons (Fsp3) is 0.350. The minimum absolute atomic E-state index is 0.118. The molecule has 0 unspecified atom stereocenters. The molecule has 1 aromatic carbocycles.